The Morgan fingerprint density at radius 2 is 2.05 bits per heavy atom. The topological polar surface area (TPSA) is 16.1 Å². The molecule has 2 aromatic rings. The first-order valence-electron chi connectivity index (χ1n) is 7.06. The lowest BCUT2D eigenvalue weighted by Gasteiger charge is -2.19. The van der Waals surface area contributed by atoms with Crippen LogP contribution in [0.5, 0.6) is 0 Å². The molecule has 19 heavy (non-hydrogen) atoms. The third-order valence-electron chi connectivity index (χ3n) is 3.96. The van der Waals surface area contributed by atoms with E-state index in [4.69, 9.17) is 0 Å². The number of likely N-dealkylation sites (tertiary alicyclic amines) is 1. The van der Waals surface area contributed by atoms with Crippen LogP contribution < -0.4 is 0 Å². The molecule has 0 saturated carbocycles. The van der Waals surface area contributed by atoms with Crippen molar-refractivity contribution in [1.82, 2.24) is 9.88 Å². The summed E-state index contributed by atoms with van der Waals surface area (Å²) in [6.07, 6.45) is 3.88. The molecule has 0 N–H and O–H groups in total. The van der Waals surface area contributed by atoms with Gasteiger partial charge in [-0.15, -0.1) is 11.3 Å². The Bertz CT molecular complexity index is 481. The summed E-state index contributed by atoms with van der Waals surface area (Å²) in [6, 6.07) is 11.0. The molecule has 3 heteroatoms. The van der Waals surface area contributed by atoms with Crippen molar-refractivity contribution in [1.29, 1.82) is 0 Å². The number of benzene rings is 1. The predicted octanol–water partition coefficient (Wildman–Crippen LogP) is 3.91. The van der Waals surface area contributed by atoms with Crippen molar-refractivity contribution in [2.45, 2.75) is 31.7 Å². The molecule has 1 atom stereocenters. The lowest BCUT2D eigenvalue weighted by Crippen LogP contribution is -2.24. The summed E-state index contributed by atoms with van der Waals surface area (Å²) in [7, 11) is 0. The van der Waals surface area contributed by atoms with Crippen LogP contribution in [0.2, 0.25) is 0 Å². The average Bonchev–Trinajstić information content (AvgIpc) is 2.85. The number of nitrogens with zero attached hydrogens (tertiary/aromatic N) is 2. The summed E-state index contributed by atoms with van der Waals surface area (Å²) in [5.41, 5.74) is 4.67. The lowest BCUT2D eigenvalue weighted by molar-refractivity contribution is 0.273. The van der Waals surface area contributed by atoms with Crippen LogP contribution in [0.25, 0.3) is 0 Å². The average molecular weight is 272 g/mol. The van der Waals surface area contributed by atoms with E-state index in [1.807, 2.05) is 5.51 Å². The first-order valence-corrected chi connectivity index (χ1v) is 8.00. The van der Waals surface area contributed by atoms with Crippen LogP contribution in [0.4, 0.5) is 0 Å². The van der Waals surface area contributed by atoms with Gasteiger partial charge in [-0.2, -0.15) is 0 Å². The summed E-state index contributed by atoms with van der Waals surface area (Å²) in [6.45, 7) is 3.42. The zero-order chi connectivity index (χ0) is 12.9. The van der Waals surface area contributed by atoms with E-state index >= 15 is 0 Å². The molecular formula is C16H20N2S. The van der Waals surface area contributed by atoms with Gasteiger partial charge in [0.15, 0.2) is 0 Å². The Labute approximate surface area is 119 Å². The van der Waals surface area contributed by atoms with Gasteiger partial charge in [-0.25, -0.2) is 4.98 Å². The van der Waals surface area contributed by atoms with E-state index in [1.165, 1.54) is 43.6 Å². The van der Waals surface area contributed by atoms with Gasteiger partial charge in [0.25, 0.3) is 0 Å². The number of aromatic nitrogens is 1. The highest BCUT2D eigenvalue weighted by atomic mass is 32.1. The van der Waals surface area contributed by atoms with Crippen molar-refractivity contribution in [2.24, 2.45) is 0 Å². The number of hydrogen-bond donors (Lipinski definition) is 0. The van der Waals surface area contributed by atoms with Gasteiger partial charge in [0.05, 0.1) is 11.2 Å². The van der Waals surface area contributed by atoms with Gasteiger partial charge >= 0.3 is 0 Å². The predicted molar refractivity (Wildman–Crippen MR) is 80.4 cm³/mol. The van der Waals surface area contributed by atoms with Crippen molar-refractivity contribution in [3.63, 3.8) is 0 Å². The lowest BCUT2D eigenvalue weighted by atomic mass is 9.92. The molecule has 0 bridgehead atoms. The molecule has 0 aliphatic carbocycles. The van der Waals surface area contributed by atoms with Crippen LogP contribution in [0, 0.1) is 0 Å². The van der Waals surface area contributed by atoms with Gasteiger partial charge < -0.3 is 0 Å². The van der Waals surface area contributed by atoms with E-state index in [1.54, 1.807) is 11.3 Å². The molecule has 1 saturated heterocycles. The Kier molecular flexibility index (Phi) is 4.26. The van der Waals surface area contributed by atoms with Crippen LogP contribution in [0.15, 0.2) is 41.2 Å². The summed E-state index contributed by atoms with van der Waals surface area (Å²) in [5.74, 6) is 0.738. The molecule has 0 radical (unpaired) electrons. The molecule has 1 aliphatic rings. The second-order valence-electron chi connectivity index (χ2n) is 5.29. The van der Waals surface area contributed by atoms with Crippen LogP contribution in [0.3, 0.4) is 0 Å². The van der Waals surface area contributed by atoms with Gasteiger partial charge in [0, 0.05) is 11.9 Å². The normalized spacial score (nSPS) is 21.2. The molecule has 0 spiro atoms. The monoisotopic (exact) mass is 272 g/mol. The second-order valence-corrected chi connectivity index (χ2v) is 6.01. The van der Waals surface area contributed by atoms with Crippen molar-refractivity contribution in [2.75, 3.05) is 13.1 Å². The van der Waals surface area contributed by atoms with E-state index in [9.17, 15) is 0 Å². The molecule has 1 fully saturated rings. The number of thiazole rings is 1. The first-order chi connectivity index (χ1) is 9.42. The van der Waals surface area contributed by atoms with E-state index in [2.05, 4.69) is 45.6 Å². The summed E-state index contributed by atoms with van der Waals surface area (Å²) >= 11 is 1.69. The summed E-state index contributed by atoms with van der Waals surface area (Å²) < 4.78 is 0. The van der Waals surface area contributed by atoms with Crippen molar-refractivity contribution in [3.05, 3.63) is 52.5 Å². The quantitative estimate of drug-likeness (QED) is 0.842. The maximum Gasteiger partial charge on any atom is 0.0795 e. The van der Waals surface area contributed by atoms with Crippen LogP contribution in [-0.4, -0.2) is 23.0 Å². The molecule has 1 aliphatic heterocycles. The fourth-order valence-corrected chi connectivity index (χ4v) is 3.47. The highest BCUT2D eigenvalue weighted by Gasteiger charge is 2.18. The van der Waals surface area contributed by atoms with E-state index in [0.717, 1.165) is 12.5 Å². The van der Waals surface area contributed by atoms with E-state index in [0.29, 0.717) is 0 Å². The Balaban J connectivity index is 1.60. The zero-order valence-electron chi connectivity index (χ0n) is 11.2. The van der Waals surface area contributed by atoms with Crippen molar-refractivity contribution in [3.8, 4) is 0 Å². The van der Waals surface area contributed by atoms with Crippen LogP contribution in [0.1, 0.15) is 36.4 Å². The van der Waals surface area contributed by atoms with Crippen molar-refractivity contribution < 1.29 is 0 Å². The van der Waals surface area contributed by atoms with E-state index in [-0.39, 0.29) is 0 Å². The second kappa shape index (κ2) is 6.31. The number of hydrogen-bond acceptors (Lipinski definition) is 3. The minimum absolute atomic E-state index is 0.738. The molecule has 100 valence electrons. The smallest absolute Gasteiger partial charge is 0.0795 e. The summed E-state index contributed by atoms with van der Waals surface area (Å²) in [5, 5.41) is 2.17. The fourth-order valence-electron chi connectivity index (χ4n) is 2.92. The maximum absolute atomic E-state index is 4.39. The highest BCUT2D eigenvalue weighted by molar-refractivity contribution is 7.07. The Morgan fingerprint density at radius 3 is 2.84 bits per heavy atom. The van der Waals surface area contributed by atoms with Gasteiger partial charge in [-0.3, -0.25) is 4.90 Å². The number of rotatable bonds is 3. The van der Waals surface area contributed by atoms with Gasteiger partial charge in [0.1, 0.15) is 0 Å². The largest absolute Gasteiger partial charge is 0.297 e. The van der Waals surface area contributed by atoms with E-state index < -0.39 is 0 Å². The third kappa shape index (κ3) is 3.43. The molecule has 2 heterocycles. The van der Waals surface area contributed by atoms with Gasteiger partial charge in [-0.1, -0.05) is 30.3 Å². The molecule has 2 nitrogen and oxygen atoms in total. The minimum Gasteiger partial charge on any atom is -0.297 e. The molecule has 0 amide bonds. The van der Waals surface area contributed by atoms with Crippen LogP contribution in [-0.2, 0) is 6.54 Å². The molecule has 0 unspecified atom stereocenters. The SMILES string of the molecule is c1ccc([C@H]2CCCN(Cc3cscn3)CC2)cc1. The van der Waals surface area contributed by atoms with Crippen molar-refractivity contribution >= 4 is 11.3 Å². The minimum atomic E-state index is 0.738. The first kappa shape index (κ1) is 12.8. The Morgan fingerprint density at radius 1 is 1.16 bits per heavy atom. The van der Waals surface area contributed by atoms with Crippen LogP contribution >= 0.6 is 11.3 Å². The molecule has 1 aromatic carbocycles. The molecule has 3 rings (SSSR count). The highest BCUT2D eigenvalue weighted by Crippen LogP contribution is 2.28. The molecule has 1 aromatic heterocycles. The molecular weight excluding hydrogens is 252 g/mol. The van der Waals surface area contributed by atoms with Gasteiger partial charge in [0.2, 0.25) is 0 Å². The summed E-state index contributed by atoms with van der Waals surface area (Å²) in [4.78, 5) is 6.95. The van der Waals surface area contributed by atoms with Gasteiger partial charge in [-0.05, 0) is 43.8 Å². The third-order valence-corrected chi connectivity index (χ3v) is 4.60. The standard InChI is InChI=1S/C16H20N2S/c1-2-5-14(6-3-1)15-7-4-9-18(10-8-15)11-16-12-19-13-17-16/h1-3,5-6,12-13,15H,4,7-11H2/t15-/m0/s1. The Hall–Kier alpha value is -1.19. The zero-order valence-corrected chi connectivity index (χ0v) is 12.0. The maximum atomic E-state index is 4.39. The fraction of sp³-hybridized carbons (Fsp3) is 0.438.